The van der Waals surface area contributed by atoms with Crippen molar-refractivity contribution >= 4 is 17.5 Å². The number of fused-ring (bicyclic) bond motifs is 1. The second kappa shape index (κ2) is 7.79. The summed E-state index contributed by atoms with van der Waals surface area (Å²) >= 11 is 0. The van der Waals surface area contributed by atoms with Gasteiger partial charge in [0.25, 0.3) is 0 Å². The monoisotopic (exact) mass is 468 g/mol. The molecule has 6 nitrogen and oxygen atoms in total. The molecule has 3 aromatic rings. The van der Waals surface area contributed by atoms with Crippen molar-refractivity contribution in [3.05, 3.63) is 77.4 Å². The normalized spacial score (nSPS) is 15.6. The number of nitrogens with one attached hydrogen (secondary N) is 1. The van der Waals surface area contributed by atoms with Crippen LogP contribution < -0.4 is 20.5 Å². The van der Waals surface area contributed by atoms with E-state index < -0.39 is 29.0 Å². The van der Waals surface area contributed by atoms with Gasteiger partial charge in [0.15, 0.2) is 11.5 Å². The summed E-state index contributed by atoms with van der Waals surface area (Å²) in [5.41, 5.74) is 5.00. The number of alkyl halides is 3. The van der Waals surface area contributed by atoms with E-state index in [-0.39, 0.29) is 23.6 Å². The lowest BCUT2D eigenvalue weighted by molar-refractivity contribution is -0.137. The molecule has 0 bridgehead atoms. The quantitative estimate of drug-likeness (QED) is 0.559. The highest BCUT2D eigenvalue weighted by atomic mass is 19.4. The first-order valence-electron chi connectivity index (χ1n) is 10.5. The summed E-state index contributed by atoms with van der Waals surface area (Å²) in [6.07, 6.45) is -3.51. The Morgan fingerprint density at radius 1 is 0.912 bits per heavy atom. The number of rotatable bonds is 5. The van der Waals surface area contributed by atoms with Gasteiger partial charge in [-0.25, -0.2) is 0 Å². The van der Waals surface area contributed by atoms with Gasteiger partial charge in [-0.15, -0.1) is 0 Å². The summed E-state index contributed by atoms with van der Waals surface area (Å²) < 4.78 is 51.6. The molecule has 0 atom stereocenters. The van der Waals surface area contributed by atoms with Gasteiger partial charge in [0, 0.05) is 11.3 Å². The summed E-state index contributed by atoms with van der Waals surface area (Å²) in [6, 6.07) is 14.5. The molecular weight excluding hydrogens is 449 g/mol. The molecule has 3 aromatic carbocycles. The highest BCUT2D eigenvalue weighted by molar-refractivity contribution is 6.02. The van der Waals surface area contributed by atoms with E-state index in [9.17, 15) is 22.8 Å². The Labute approximate surface area is 192 Å². The summed E-state index contributed by atoms with van der Waals surface area (Å²) in [5, 5.41) is 2.67. The summed E-state index contributed by atoms with van der Waals surface area (Å²) in [7, 11) is 0. The van der Waals surface area contributed by atoms with E-state index in [1.807, 2.05) is 0 Å². The van der Waals surface area contributed by atoms with Gasteiger partial charge in [0.2, 0.25) is 18.6 Å². The molecule has 1 saturated carbocycles. The van der Waals surface area contributed by atoms with Crippen LogP contribution in [0.25, 0.3) is 11.1 Å². The maximum atomic E-state index is 13.6. The minimum atomic E-state index is -4.63. The van der Waals surface area contributed by atoms with Crippen LogP contribution in [0.15, 0.2) is 60.7 Å². The molecule has 0 radical (unpaired) electrons. The first-order valence-corrected chi connectivity index (χ1v) is 10.5. The first kappa shape index (κ1) is 21.8. The average Bonchev–Trinajstić information content (AvgIpc) is 3.49. The number of anilines is 1. The van der Waals surface area contributed by atoms with E-state index in [2.05, 4.69) is 5.32 Å². The van der Waals surface area contributed by atoms with Crippen LogP contribution in [0, 0.1) is 0 Å². The highest BCUT2D eigenvalue weighted by Gasteiger charge is 2.51. The number of benzene rings is 3. The van der Waals surface area contributed by atoms with E-state index >= 15 is 0 Å². The molecule has 2 amide bonds. The lowest BCUT2D eigenvalue weighted by atomic mass is 9.94. The number of halogens is 3. The summed E-state index contributed by atoms with van der Waals surface area (Å²) in [6.45, 7) is 0.0992. The third kappa shape index (κ3) is 3.93. The van der Waals surface area contributed by atoms with Gasteiger partial charge < -0.3 is 20.5 Å². The molecule has 9 heteroatoms. The second-order valence-electron chi connectivity index (χ2n) is 8.35. The molecule has 0 unspecified atom stereocenters. The molecule has 174 valence electrons. The minimum absolute atomic E-state index is 0.00585. The number of hydrogen-bond donors (Lipinski definition) is 2. The zero-order chi connectivity index (χ0) is 24.1. The van der Waals surface area contributed by atoms with Crippen LogP contribution in [0.2, 0.25) is 0 Å². The molecule has 1 fully saturated rings. The standard InChI is InChI=1S/C25H19F3N2O4/c26-25(27,28)18-9-16(14-2-1-3-15(8-14)22(29)31)10-19(11-18)30-23(32)24(6-7-24)17-4-5-20-21(12-17)34-13-33-20/h1-5,8-12H,6-7,13H2,(H2,29,31)(H,30,32). The number of ether oxygens (including phenoxy) is 2. The summed E-state index contributed by atoms with van der Waals surface area (Å²) in [4.78, 5) is 24.7. The first-order chi connectivity index (χ1) is 16.2. The third-order valence-electron chi connectivity index (χ3n) is 6.11. The van der Waals surface area contributed by atoms with E-state index in [4.69, 9.17) is 15.2 Å². The van der Waals surface area contributed by atoms with Crippen LogP contribution in [-0.4, -0.2) is 18.6 Å². The number of primary amides is 1. The predicted molar refractivity (Wildman–Crippen MR) is 118 cm³/mol. The van der Waals surface area contributed by atoms with E-state index in [1.54, 1.807) is 24.3 Å². The van der Waals surface area contributed by atoms with Crippen molar-refractivity contribution in [3.63, 3.8) is 0 Å². The number of carbonyl (C=O) groups is 2. The maximum Gasteiger partial charge on any atom is 0.416 e. The summed E-state index contributed by atoms with van der Waals surface area (Å²) in [5.74, 6) is 0.0252. The number of carbonyl (C=O) groups excluding carboxylic acids is 2. The SMILES string of the molecule is NC(=O)c1cccc(-c2cc(NC(=O)C3(c4ccc5c(c4)OCO5)CC3)cc(C(F)(F)F)c2)c1. The van der Waals surface area contributed by atoms with Crippen molar-refractivity contribution in [1.82, 2.24) is 0 Å². The van der Waals surface area contributed by atoms with Crippen LogP contribution >= 0.6 is 0 Å². The Kier molecular flexibility index (Phi) is 5.00. The van der Waals surface area contributed by atoms with E-state index in [0.29, 0.717) is 29.9 Å². The van der Waals surface area contributed by atoms with Crippen molar-refractivity contribution in [3.8, 4) is 22.6 Å². The largest absolute Gasteiger partial charge is 0.454 e. The van der Waals surface area contributed by atoms with Crippen molar-refractivity contribution in [2.24, 2.45) is 5.73 Å². The molecule has 0 spiro atoms. The van der Waals surface area contributed by atoms with Gasteiger partial charge in [0.1, 0.15) is 0 Å². The van der Waals surface area contributed by atoms with Crippen molar-refractivity contribution < 1.29 is 32.2 Å². The molecular formula is C25H19F3N2O4. The molecule has 1 heterocycles. The van der Waals surface area contributed by atoms with Gasteiger partial charge in [-0.3, -0.25) is 9.59 Å². The Hall–Kier alpha value is -4.01. The molecule has 0 saturated heterocycles. The van der Waals surface area contributed by atoms with Crippen LogP contribution in [0.3, 0.4) is 0 Å². The van der Waals surface area contributed by atoms with E-state index in [0.717, 1.165) is 17.7 Å². The minimum Gasteiger partial charge on any atom is -0.454 e. The van der Waals surface area contributed by atoms with Gasteiger partial charge in [-0.1, -0.05) is 18.2 Å². The van der Waals surface area contributed by atoms with Gasteiger partial charge in [0.05, 0.1) is 11.0 Å². The second-order valence-corrected chi connectivity index (χ2v) is 8.35. The Bertz CT molecular complexity index is 1320. The van der Waals surface area contributed by atoms with Crippen LogP contribution in [-0.2, 0) is 16.4 Å². The number of hydrogen-bond acceptors (Lipinski definition) is 4. The topological polar surface area (TPSA) is 90.7 Å². The van der Waals surface area contributed by atoms with Crippen LogP contribution in [0.5, 0.6) is 11.5 Å². The Morgan fingerprint density at radius 2 is 1.68 bits per heavy atom. The molecule has 5 rings (SSSR count). The fourth-order valence-electron chi connectivity index (χ4n) is 4.10. The van der Waals surface area contributed by atoms with E-state index in [1.165, 1.54) is 24.3 Å². The third-order valence-corrected chi connectivity index (χ3v) is 6.11. The van der Waals surface area contributed by atoms with Gasteiger partial charge in [-0.05, 0) is 72.0 Å². The number of nitrogens with two attached hydrogens (primary N) is 1. The van der Waals surface area contributed by atoms with Gasteiger partial charge >= 0.3 is 6.18 Å². The highest BCUT2D eigenvalue weighted by Crippen LogP contribution is 2.51. The molecule has 2 aliphatic rings. The molecule has 1 aliphatic heterocycles. The lowest BCUT2D eigenvalue weighted by Crippen LogP contribution is -2.28. The van der Waals surface area contributed by atoms with Crippen LogP contribution in [0.4, 0.5) is 18.9 Å². The van der Waals surface area contributed by atoms with Crippen molar-refractivity contribution in [1.29, 1.82) is 0 Å². The van der Waals surface area contributed by atoms with Crippen LogP contribution in [0.1, 0.15) is 34.3 Å². The Morgan fingerprint density at radius 3 is 2.38 bits per heavy atom. The lowest BCUT2D eigenvalue weighted by Gasteiger charge is -2.18. The smallest absolute Gasteiger partial charge is 0.416 e. The fourth-order valence-corrected chi connectivity index (χ4v) is 4.10. The van der Waals surface area contributed by atoms with Crippen molar-refractivity contribution in [2.75, 3.05) is 12.1 Å². The molecule has 1 aliphatic carbocycles. The average molecular weight is 468 g/mol. The van der Waals surface area contributed by atoms with Crippen molar-refractivity contribution in [2.45, 2.75) is 24.4 Å². The number of amides is 2. The maximum absolute atomic E-state index is 13.6. The molecule has 3 N–H and O–H groups in total. The predicted octanol–water partition coefficient (Wildman–Crippen LogP) is 4.87. The fraction of sp³-hybridized carbons (Fsp3) is 0.200. The zero-order valence-electron chi connectivity index (χ0n) is 17.7. The molecule has 34 heavy (non-hydrogen) atoms. The molecule has 0 aromatic heterocycles. The zero-order valence-corrected chi connectivity index (χ0v) is 17.7. The Balaban J connectivity index is 1.49. The van der Waals surface area contributed by atoms with Gasteiger partial charge in [-0.2, -0.15) is 13.2 Å².